The van der Waals surface area contributed by atoms with Gasteiger partial charge in [-0.1, -0.05) is 34.1 Å². The number of anilines is 1. The number of nitrogen functional groups attached to an aromatic ring is 1. The van der Waals surface area contributed by atoms with E-state index >= 15 is 0 Å². The van der Waals surface area contributed by atoms with Gasteiger partial charge in [-0.05, 0) is 6.07 Å². The first-order valence-corrected chi connectivity index (χ1v) is 6.92. The molecule has 3 N–H and O–H groups in total. The van der Waals surface area contributed by atoms with Gasteiger partial charge in [0.2, 0.25) is 0 Å². The Bertz CT molecular complexity index is 689. The molecule has 0 spiro atoms. The maximum absolute atomic E-state index is 5.79. The Balaban J connectivity index is 2.05. The van der Waals surface area contributed by atoms with E-state index in [0.717, 1.165) is 26.3 Å². The molecule has 0 bridgehead atoms. The van der Waals surface area contributed by atoms with Crippen molar-refractivity contribution in [2.45, 2.75) is 0 Å². The average molecular weight is 321 g/mol. The van der Waals surface area contributed by atoms with Crippen LogP contribution in [-0.2, 0) is 0 Å². The number of aromatic nitrogens is 3. The lowest BCUT2D eigenvalue weighted by Crippen LogP contribution is -1.87. The molecular weight excluding hydrogens is 312 g/mol. The van der Waals surface area contributed by atoms with Gasteiger partial charge in [-0.25, -0.2) is 4.98 Å². The molecule has 18 heavy (non-hydrogen) atoms. The van der Waals surface area contributed by atoms with Crippen LogP contribution >= 0.6 is 27.3 Å². The SMILES string of the molecule is Nc1[nH]ncc1-c1nc(-c2ccccc2Br)cs1. The molecule has 3 aromatic rings. The molecule has 2 heterocycles. The Labute approximate surface area is 116 Å². The van der Waals surface area contributed by atoms with Crippen LogP contribution in [0.25, 0.3) is 21.8 Å². The van der Waals surface area contributed by atoms with Crippen LogP contribution in [-0.4, -0.2) is 15.2 Å². The smallest absolute Gasteiger partial charge is 0.129 e. The second-order valence-corrected chi connectivity index (χ2v) is 5.43. The van der Waals surface area contributed by atoms with E-state index in [1.165, 1.54) is 0 Å². The van der Waals surface area contributed by atoms with Gasteiger partial charge in [-0.15, -0.1) is 11.3 Å². The number of rotatable bonds is 2. The lowest BCUT2D eigenvalue weighted by molar-refractivity contribution is 1.10. The van der Waals surface area contributed by atoms with Crippen molar-refractivity contribution in [2.75, 3.05) is 5.73 Å². The molecule has 0 saturated carbocycles. The highest BCUT2D eigenvalue weighted by Crippen LogP contribution is 2.33. The second-order valence-electron chi connectivity index (χ2n) is 3.72. The van der Waals surface area contributed by atoms with Crippen molar-refractivity contribution in [1.29, 1.82) is 0 Å². The zero-order valence-electron chi connectivity index (χ0n) is 9.22. The number of thiazole rings is 1. The van der Waals surface area contributed by atoms with Crippen LogP contribution in [0.5, 0.6) is 0 Å². The normalized spacial score (nSPS) is 10.7. The molecule has 0 unspecified atom stereocenters. The van der Waals surface area contributed by atoms with Crippen LogP contribution in [0, 0.1) is 0 Å². The molecule has 0 atom stereocenters. The summed E-state index contributed by atoms with van der Waals surface area (Å²) in [6, 6.07) is 8.00. The van der Waals surface area contributed by atoms with E-state index in [0.29, 0.717) is 5.82 Å². The summed E-state index contributed by atoms with van der Waals surface area (Å²) in [5.74, 6) is 0.544. The van der Waals surface area contributed by atoms with Gasteiger partial charge in [-0.3, -0.25) is 5.10 Å². The molecule has 0 radical (unpaired) electrons. The monoisotopic (exact) mass is 320 g/mol. The van der Waals surface area contributed by atoms with Crippen LogP contribution in [0.1, 0.15) is 0 Å². The topological polar surface area (TPSA) is 67.6 Å². The zero-order valence-corrected chi connectivity index (χ0v) is 11.6. The maximum atomic E-state index is 5.79. The molecule has 0 aliphatic rings. The fourth-order valence-electron chi connectivity index (χ4n) is 1.66. The number of nitrogens with one attached hydrogen (secondary N) is 1. The van der Waals surface area contributed by atoms with E-state index in [1.807, 2.05) is 29.6 Å². The Kier molecular flexibility index (Phi) is 2.89. The van der Waals surface area contributed by atoms with E-state index in [-0.39, 0.29) is 0 Å². The molecule has 1 aromatic carbocycles. The van der Waals surface area contributed by atoms with Crippen LogP contribution in [0.4, 0.5) is 5.82 Å². The molecule has 2 aromatic heterocycles. The number of nitrogens with zero attached hydrogens (tertiary/aromatic N) is 2. The summed E-state index contributed by atoms with van der Waals surface area (Å²) in [6.07, 6.45) is 1.69. The Morgan fingerprint density at radius 1 is 1.22 bits per heavy atom. The van der Waals surface area contributed by atoms with Gasteiger partial charge in [0.15, 0.2) is 0 Å². The first-order valence-electron chi connectivity index (χ1n) is 5.25. The number of aromatic amines is 1. The molecular formula is C12H9BrN4S. The Morgan fingerprint density at radius 3 is 2.78 bits per heavy atom. The summed E-state index contributed by atoms with van der Waals surface area (Å²) in [4.78, 5) is 4.59. The standard InChI is InChI=1S/C12H9BrN4S/c13-9-4-2-1-3-7(9)10-6-18-12(16-10)8-5-15-17-11(8)14/h1-6H,(H3,14,15,17). The molecule has 0 fully saturated rings. The van der Waals surface area contributed by atoms with Gasteiger partial charge in [0.1, 0.15) is 10.8 Å². The molecule has 3 rings (SSSR count). The third-order valence-electron chi connectivity index (χ3n) is 2.55. The third kappa shape index (κ3) is 1.93. The first kappa shape index (κ1) is 11.4. The van der Waals surface area contributed by atoms with Crippen molar-refractivity contribution in [3.8, 4) is 21.8 Å². The number of H-pyrrole nitrogens is 1. The molecule has 0 amide bonds. The molecule has 0 aliphatic heterocycles. The highest BCUT2D eigenvalue weighted by Gasteiger charge is 2.11. The lowest BCUT2D eigenvalue weighted by atomic mass is 10.2. The highest BCUT2D eigenvalue weighted by atomic mass is 79.9. The number of hydrogen-bond acceptors (Lipinski definition) is 4. The van der Waals surface area contributed by atoms with Crippen molar-refractivity contribution < 1.29 is 0 Å². The van der Waals surface area contributed by atoms with Crippen LogP contribution in [0.2, 0.25) is 0 Å². The van der Waals surface area contributed by atoms with Gasteiger partial charge in [-0.2, -0.15) is 5.10 Å². The minimum atomic E-state index is 0.544. The molecule has 6 heteroatoms. The quantitative estimate of drug-likeness (QED) is 0.758. The van der Waals surface area contributed by atoms with E-state index < -0.39 is 0 Å². The number of benzene rings is 1. The minimum absolute atomic E-state index is 0.544. The number of halogens is 1. The average Bonchev–Trinajstić information content (AvgIpc) is 2.98. The summed E-state index contributed by atoms with van der Waals surface area (Å²) in [5, 5.41) is 9.50. The molecule has 0 aliphatic carbocycles. The van der Waals surface area contributed by atoms with Gasteiger partial charge >= 0.3 is 0 Å². The number of nitrogens with two attached hydrogens (primary N) is 1. The van der Waals surface area contributed by atoms with Crippen molar-refractivity contribution >= 4 is 33.1 Å². The van der Waals surface area contributed by atoms with Crippen LogP contribution in [0.15, 0.2) is 40.3 Å². The lowest BCUT2D eigenvalue weighted by Gasteiger charge is -1.99. The van der Waals surface area contributed by atoms with Crippen LogP contribution < -0.4 is 5.73 Å². The summed E-state index contributed by atoms with van der Waals surface area (Å²) in [6.45, 7) is 0. The van der Waals surface area contributed by atoms with E-state index in [4.69, 9.17) is 5.73 Å². The first-order chi connectivity index (χ1) is 8.75. The summed E-state index contributed by atoms with van der Waals surface area (Å²) >= 11 is 5.08. The number of hydrogen-bond donors (Lipinski definition) is 2. The Hall–Kier alpha value is -1.66. The van der Waals surface area contributed by atoms with Gasteiger partial charge < -0.3 is 5.73 Å². The molecule has 4 nitrogen and oxygen atoms in total. The maximum Gasteiger partial charge on any atom is 0.129 e. The van der Waals surface area contributed by atoms with Gasteiger partial charge in [0.25, 0.3) is 0 Å². The Morgan fingerprint density at radius 2 is 2.06 bits per heavy atom. The zero-order chi connectivity index (χ0) is 12.5. The van der Waals surface area contributed by atoms with Crippen molar-refractivity contribution in [1.82, 2.24) is 15.2 Å². The molecule has 90 valence electrons. The van der Waals surface area contributed by atoms with E-state index in [1.54, 1.807) is 17.5 Å². The van der Waals surface area contributed by atoms with E-state index in [9.17, 15) is 0 Å². The van der Waals surface area contributed by atoms with Crippen LogP contribution in [0.3, 0.4) is 0 Å². The van der Waals surface area contributed by atoms with Crippen molar-refractivity contribution in [2.24, 2.45) is 0 Å². The fourth-order valence-corrected chi connectivity index (χ4v) is 2.99. The van der Waals surface area contributed by atoms with Gasteiger partial charge in [0, 0.05) is 15.4 Å². The third-order valence-corrected chi connectivity index (χ3v) is 4.12. The predicted molar refractivity (Wildman–Crippen MR) is 77.2 cm³/mol. The highest BCUT2D eigenvalue weighted by molar-refractivity contribution is 9.10. The van der Waals surface area contributed by atoms with E-state index in [2.05, 4.69) is 31.1 Å². The van der Waals surface area contributed by atoms with Crippen molar-refractivity contribution in [3.05, 3.63) is 40.3 Å². The second kappa shape index (κ2) is 4.55. The molecule has 0 saturated heterocycles. The summed E-state index contributed by atoms with van der Waals surface area (Å²) < 4.78 is 1.03. The van der Waals surface area contributed by atoms with Crippen molar-refractivity contribution in [3.63, 3.8) is 0 Å². The summed E-state index contributed by atoms with van der Waals surface area (Å²) in [5.41, 5.74) is 8.64. The largest absolute Gasteiger partial charge is 0.383 e. The minimum Gasteiger partial charge on any atom is -0.383 e. The fraction of sp³-hybridized carbons (Fsp3) is 0. The summed E-state index contributed by atoms with van der Waals surface area (Å²) in [7, 11) is 0. The van der Waals surface area contributed by atoms with Gasteiger partial charge in [0.05, 0.1) is 17.5 Å². The predicted octanol–water partition coefficient (Wildman–Crippen LogP) is 3.54.